The Morgan fingerprint density at radius 1 is 1.47 bits per heavy atom. The van der Waals surface area contributed by atoms with Gasteiger partial charge in [0.05, 0.1) is 16.2 Å². The van der Waals surface area contributed by atoms with E-state index in [0.29, 0.717) is 0 Å². The van der Waals surface area contributed by atoms with E-state index >= 15 is 0 Å². The molecule has 90 valence electrons. The van der Waals surface area contributed by atoms with Gasteiger partial charge in [0.25, 0.3) is 0 Å². The number of hydrogen-bond acceptors (Lipinski definition) is 4. The van der Waals surface area contributed by atoms with Crippen LogP contribution in [0.3, 0.4) is 0 Å². The van der Waals surface area contributed by atoms with Gasteiger partial charge in [-0.1, -0.05) is 11.6 Å². The second-order valence-corrected chi connectivity index (χ2v) is 6.13. The topological polar surface area (TPSA) is 38.9 Å². The zero-order valence-corrected chi connectivity index (χ0v) is 11.8. The van der Waals surface area contributed by atoms with E-state index in [1.165, 1.54) is 4.88 Å². The molecule has 0 radical (unpaired) electrons. The van der Waals surface area contributed by atoms with Crippen molar-refractivity contribution in [1.82, 2.24) is 4.98 Å². The Balaban J connectivity index is 1.94. The van der Waals surface area contributed by atoms with Crippen LogP contribution in [0.1, 0.15) is 10.6 Å². The summed E-state index contributed by atoms with van der Waals surface area (Å²) in [6.45, 7) is 2.05. The predicted molar refractivity (Wildman–Crippen MR) is 77.1 cm³/mol. The molecular weight excluding hydrogens is 272 g/mol. The van der Waals surface area contributed by atoms with E-state index in [1.54, 1.807) is 23.1 Å². The normalized spacial score (nSPS) is 10.7. The quantitative estimate of drug-likeness (QED) is 0.681. The maximum Gasteiger partial charge on any atom is 0.0797 e. The Bertz CT molecular complexity index is 511. The van der Waals surface area contributed by atoms with Crippen LogP contribution in [0, 0.1) is 6.92 Å². The summed E-state index contributed by atoms with van der Waals surface area (Å²) in [5, 5.41) is 0.769. The first-order valence-corrected chi connectivity index (χ1v) is 7.48. The molecule has 0 spiro atoms. The maximum atomic E-state index is 6.10. The summed E-state index contributed by atoms with van der Waals surface area (Å²) >= 11 is 9.55. The van der Waals surface area contributed by atoms with E-state index in [0.717, 1.165) is 33.5 Å². The van der Waals surface area contributed by atoms with Crippen LogP contribution >= 0.6 is 34.7 Å². The second kappa shape index (κ2) is 5.76. The molecule has 5 heteroatoms. The third-order valence-electron chi connectivity index (χ3n) is 2.39. The predicted octanol–water partition coefficient (Wildman–Crippen LogP) is 4.02. The van der Waals surface area contributed by atoms with Crippen molar-refractivity contribution < 1.29 is 0 Å². The van der Waals surface area contributed by atoms with Gasteiger partial charge in [0, 0.05) is 21.2 Å². The van der Waals surface area contributed by atoms with Crippen molar-refractivity contribution >= 4 is 40.4 Å². The van der Waals surface area contributed by atoms with Gasteiger partial charge in [0.1, 0.15) is 0 Å². The molecule has 0 amide bonds. The molecule has 2 nitrogen and oxygen atoms in total. The van der Waals surface area contributed by atoms with Gasteiger partial charge in [-0.2, -0.15) is 0 Å². The fourth-order valence-corrected chi connectivity index (χ4v) is 3.59. The molecule has 1 aromatic carbocycles. The minimum absolute atomic E-state index is 0.755. The van der Waals surface area contributed by atoms with Crippen LogP contribution < -0.4 is 5.73 Å². The standard InChI is InChI=1S/C12H13ClN2S2/c1-8-11(17-7-15-8)4-5-16-12-6-9(14)2-3-10(12)13/h2-3,6-7H,4-5,14H2,1H3. The summed E-state index contributed by atoms with van der Waals surface area (Å²) in [4.78, 5) is 6.63. The van der Waals surface area contributed by atoms with E-state index in [9.17, 15) is 0 Å². The summed E-state index contributed by atoms with van der Waals surface area (Å²) in [5.74, 6) is 0.992. The first-order valence-electron chi connectivity index (χ1n) is 5.23. The average molecular weight is 285 g/mol. The van der Waals surface area contributed by atoms with Crippen molar-refractivity contribution in [2.75, 3.05) is 11.5 Å². The van der Waals surface area contributed by atoms with Gasteiger partial charge in [0.15, 0.2) is 0 Å². The molecule has 17 heavy (non-hydrogen) atoms. The van der Waals surface area contributed by atoms with Crippen molar-refractivity contribution in [1.29, 1.82) is 0 Å². The molecule has 1 aromatic heterocycles. The fraction of sp³-hybridized carbons (Fsp3) is 0.250. The van der Waals surface area contributed by atoms with Crippen LogP contribution in [0.4, 0.5) is 5.69 Å². The lowest BCUT2D eigenvalue weighted by Gasteiger charge is -2.04. The van der Waals surface area contributed by atoms with Crippen molar-refractivity contribution in [3.63, 3.8) is 0 Å². The summed E-state index contributed by atoms with van der Waals surface area (Å²) in [6.07, 6.45) is 1.02. The van der Waals surface area contributed by atoms with Gasteiger partial charge in [-0.05, 0) is 31.5 Å². The number of nitrogens with zero attached hydrogens (tertiary/aromatic N) is 1. The number of thiazole rings is 1. The van der Waals surface area contributed by atoms with Crippen molar-refractivity contribution in [3.05, 3.63) is 39.3 Å². The molecule has 1 heterocycles. The van der Waals surface area contributed by atoms with E-state index in [4.69, 9.17) is 17.3 Å². The molecule has 0 fully saturated rings. The Kier molecular flexibility index (Phi) is 4.31. The lowest BCUT2D eigenvalue weighted by atomic mass is 10.3. The van der Waals surface area contributed by atoms with E-state index in [1.807, 2.05) is 30.6 Å². The molecular formula is C12H13ClN2S2. The summed E-state index contributed by atoms with van der Waals surface area (Å²) < 4.78 is 0. The van der Waals surface area contributed by atoms with Crippen molar-refractivity contribution in [2.45, 2.75) is 18.2 Å². The highest BCUT2D eigenvalue weighted by atomic mass is 35.5. The number of aryl methyl sites for hydroxylation is 2. The van der Waals surface area contributed by atoms with E-state index in [-0.39, 0.29) is 0 Å². The third-order valence-corrected chi connectivity index (χ3v) is 4.88. The number of nitrogen functional groups attached to an aromatic ring is 1. The van der Waals surface area contributed by atoms with Crippen LogP contribution in [-0.4, -0.2) is 10.7 Å². The Morgan fingerprint density at radius 2 is 2.29 bits per heavy atom. The molecule has 0 aliphatic rings. The van der Waals surface area contributed by atoms with Crippen LogP contribution in [0.5, 0.6) is 0 Å². The van der Waals surface area contributed by atoms with E-state index < -0.39 is 0 Å². The molecule has 0 aliphatic carbocycles. The smallest absolute Gasteiger partial charge is 0.0797 e. The SMILES string of the molecule is Cc1ncsc1CCSc1cc(N)ccc1Cl. The maximum absolute atomic E-state index is 6.10. The number of halogens is 1. The minimum Gasteiger partial charge on any atom is -0.399 e. The third kappa shape index (κ3) is 3.37. The monoisotopic (exact) mass is 284 g/mol. The molecule has 0 atom stereocenters. The largest absolute Gasteiger partial charge is 0.399 e. The molecule has 2 aromatic rings. The summed E-state index contributed by atoms with van der Waals surface area (Å²) in [6, 6.07) is 5.59. The van der Waals surface area contributed by atoms with Gasteiger partial charge >= 0.3 is 0 Å². The first kappa shape index (κ1) is 12.7. The van der Waals surface area contributed by atoms with Crippen LogP contribution in [-0.2, 0) is 6.42 Å². The van der Waals surface area contributed by atoms with Gasteiger partial charge in [-0.3, -0.25) is 0 Å². The molecule has 0 saturated heterocycles. The first-order chi connectivity index (χ1) is 8.16. The highest BCUT2D eigenvalue weighted by Crippen LogP contribution is 2.30. The number of hydrogen-bond donors (Lipinski definition) is 1. The number of rotatable bonds is 4. The number of thioether (sulfide) groups is 1. The van der Waals surface area contributed by atoms with Gasteiger partial charge in [-0.25, -0.2) is 4.98 Å². The highest BCUT2D eigenvalue weighted by molar-refractivity contribution is 7.99. The lowest BCUT2D eigenvalue weighted by Crippen LogP contribution is -1.90. The lowest BCUT2D eigenvalue weighted by molar-refractivity contribution is 1.12. The summed E-state index contributed by atoms with van der Waals surface area (Å²) in [5.41, 5.74) is 9.52. The molecule has 0 saturated carbocycles. The van der Waals surface area contributed by atoms with Crippen LogP contribution in [0.15, 0.2) is 28.6 Å². The van der Waals surface area contributed by atoms with Crippen molar-refractivity contribution in [2.24, 2.45) is 0 Å². The molecule has 0 aliphatic heterocycles. The number of benzene rings is 1. The highest BCUT2D eigenvalue weighted by Gasteiger charge is 2.04. The second-order valence-electron chi connectivity index (χ2n) is 3.65. The number of anilines is 1. The average Bonchev–Trinajstić information content (AvgIpc) is 2.70. The molecule has 2 rings (SSSR count). The zero-order valence-electron chi connectivity index (χ0n) is 9.44. The minimum atomic E-state index is 0.755. The summed E-state index contributed by atoms with van der Waals surface area (Å²) in [7, 11) is 0. The van der Waals surface area contributed by atoms with E-state index in [2.05, 4.69) is 4.98 Å². The van der Waals surface area contributed by atoms with Crippen LogP contribution in [0.25, 0.3) is 0 Å². The zero-order chi connectivity index (χ0) is 12.3. The number of aromatic nitrogens is 1. The number of nitrogens with two attached hydrogens (primary N) is 1. The van der Waals surface area contributed by atoms with Crippen molar-refractivity contribution in [3.8, 4) is 0 Å². The van der Waals surface area contributed by atoms with Gasteiger partial charge in [0.2, 0.25) is 0 Å². The Labute approximate surface area is 114 Å². The Hall–Kier alpha value is -0.710. The molecule has 2 N–H and O–H groups in total. The Morgan fingerprint density at radius 3 is 3.00 bits per heavy atom. The fourth-order valence-electron chi connectivity index (χ4n) is 1.45. The molecule has 0 bridgehead atoms. The van der Waals surface area contributed by atoms with Gasteiger partial charge in [-0.15, -0.1) is 23.1 Å². The molecule has 0 unspecified atom stereocenters. The van der Waals surface area contributed by atoms with Gasteiger partial charge < -0.3 is 5.73 Å². The van der Waals surface area contributed by atoms with Crippen LogP contribution in [0.2, 0.25) is 5.02 Å².